The van der Waals surface area contributed by atoms with E-state index in [1.165, 1.54) is 32.1 Å². The van der Waals surface area contributed by atoms with Crippen molar-refractivity contribution in [2.75, 3.05) is 25.0 Å². The number of aromatic nitrogens is 3. The molecule has 0 aromatic carbocycles. The molecule has 2 aromatic rings. The van der Waals surface area contributed by atoms with Gasteiger partial charge in [0, 0.05) is 19.5 Å². The number of carbonyl (C=O) groups is 1. The largest absolute Gasteiger partial charge is 0.302 e. The molecule has 0 aliphatic heterocycles. The van der Waals surface area contributed by atoms with Crippen LogP contribution in [0.15, 0.2) is 12.1 Å². The first kappa shape index (κ1) is 23.6. The quantitative estimate of drug-likeness (QED) is 0.323. The van der Waals surface area contributed by atoms with E-state index < -0.39 is 0 Å². The molecule has 0 aliphatic carbocycles. The molecular formula is C22H36ClN5O. The van der Waals surface area contributed by atoms with E-state index in [0.29, 0.717) is 24.1 Å². The topological polar surface area (TPSA) is 63.1 Å². The fourth-order valence-electron chi connectivity index (χ4n) is 3.50. The Bertz CT molecular complexity index is 757. The lowest BCUT2D eigenvalue weighted by atomic mass is 10.1. The Labute approximate surface area is 180 Å². The highest BCUT2D eigenvalue weighted by atomic mass is 35.5. The molecule has 0 fully saturated rings. The number of nitrogens with zero attached hydrogens (tertiary/aromatic N) is 4. The van der Waals surface area contributed by atoms with Gasteiger partial charge in [0.15, 0.2) is 5.65 Å². The molecule has 2 rings (SSSR count). The van der Waals surface area contributed by atoms with Crippen molar-refractivity contribution in [1.29, 1.82) is 0 Å². The van der Waals surface area contributed by atoms with E-state index >= 15 is 0 Å². The Kier molecular flexibility index (Phi) is 10.4. The summed E-state index contributed by atoms with van der Waals surface area (Å²) >= 11 is 6.10. The van der Waals surface area contributed by atoms with Gasteiger partial charge in [0.25, 0.3) is 0 Å². The van der Waals surface area contributed by atoms with Crippen LogP contribution in [0.2, 0.25) is 5.15 Å². The first-order valence-corrected chi connectivity index (χ1v) is 11.5. The molecule has 2 aromatic heterocycles. The van der Waals surface area contributed by atoms with Gasteiger partial charge in [-0.2, -0.15) is 0 Å². The maximum absolute atomic E-state index is 12.5. The fourth-order valence-corrected chi connectivity index (χ4v) is 3.64. The van der Waals surface area contributed by atoms with Crippen LogP contribution in [0, 0.1) is 0 Å². The van der Waals surface area contributed by atoms with Crippen molar-refractivity contribution < 1.29 is 4.79 Å². The summed E-state index contributed by atoms with van der Waals surface area (Å²) in [5.74, 6) is 0.582. The van der Waals surface area contributed by atoms with E-state index in [1.807, 2.05) is 10.6 Å². The van der Waals surface area contributed by atoms with E-state index in [1.54, 1.807) is 6.07 Å². The molecule has 162 valence electrons. The Morgan fingerprint density at radius 3 is 2.41 bits per heavy atom. The lowest BCUT2D eigenvalue weighted by Crippen LogP contribution is -2.28. The molecule has 0 saturated carbocycles. The Balaban J connectivity index is 1.97. The van der Waals surface area contributed by atoms with Crippen molar-refractivity contribution >= 4 is 34.6 Å². The zero-order chi connectivity index (χ0) is 21.1. The second-order valence-electron chi connectivity index (χ2n) is 7.51. The number of anilines is 1. The number of halogens is 1. The monoisotopic (exact) mass is 421 g/mol. The highest BCUT2D eigenvalue weighted by Gasteiger charge is 2.15. The third-order valence-corrected chi connectivity index (χ3v) is 5.56. The van der Waals surface area contributed by atoms with Crippen molar-refractivity contribution in [2.45, 2.75) is 78.7 Å². The normalized spacial score (nSPS) is 11.5. The number of carbonyl (C=O) groups excluding carboxylic acids is 1. The van der Waals surface area contributed by atoms with Crippen LogP contribution < -0.4 is 5.32 Å². The molecule has 0 radical (unpaired) electrons. The molecule has 0 unspecified atom stereocenters. The predicted octanol–water partition coefficient (Wildman–Crippen LogP) is 5.51. The van der Waals surface area contributed by atoms with Crippen LogP contribution in [-0.4, -0.2) is 45.0 Å². The van der Waals surface area contributed by atoms with E-state index in [0.717, 1.165) is 43.6 Å². The van der Waals surface area contributed by atoms with E-state index in [-0.39, 0.29) is 5.91 Å². The van der Waals surface area contributed by atoms with Gasteiger partial charge in [0.2, 0.25) is 11.9 Å². The van der Waals surface area contributed by atoms with Crippen LogP contribution in [0.25, 0.3) is 11.2 Å². The summed E-state index contributed by atoms with van der Waals surface area (Å²) in [6.07, 6.45) is 8.89. The van der Waals surface area contributed by atoms with Crippen LogP contribution in [0.1, 0.15) is 72.1 Å². The number of amides is 1. The number of fused-ring (bicyclic) bond motifs is 1. The van der Waals surface area contributed by atoms with Crippen LogP contribution in [0.4, 0.5) is 5.95 Å². The molecule has 29 heavy (non-hydrogen) atoms. The summed E-state index contributed by atoms with van der Waals surface area (Å²) in [6, 6.07) is 3.58. The van der Waals surface area contributed by atoms with E-state index in [9.17, 15) is 4.79 Å². The summed E-state index contributed by atoms with van der Waals surface area (Å²) in [6.45, 7) is 10.1. The van der Waals surface area contributed by atoms with Gasteiger partial charge in [0.1, 0.15) is 10.7 Å². The Morgan fingerprint density at radius 1 is 1.03 bits per heavy atom. The summed E-state index contributed by atoms with van der Waals surface area (Å²) < 4.78 is 1.97. The van der Waals surface area contributed by atoms with Crippen LogP contribution in [0.5, 0.6) is 0 Å². The molecule has 1 N–H and O–H groups in total. The van der Waals surface area contributed by atoms with E-state index in [2.05, 4.69) is 41.0 Å². The van der Waals surface area contributed by atoms with Gasteiger partial charge in [-0.3, -0.25) is 14.7 Å². The van der Waals surface area contributed by atoms with Gasteiger partial charge in [0.05, 0.1) is 0 Å². The molecule has 0 atom stereocenters. The van der Waals surface area contributed by atoms with Gasteiger partial charge in [-0.15, -0.1) is 0 Å². The highest BCUT2D eigenvalue weighted by molar-refractivity contribution is 6.29. The molecule has 0 spiro atoms. The fraction of sp³-hybridized carbons (Fsp3) is 0.682. The molecular weight excluding hydrogens is 386 g/mol. The molecule has 0 saturated heterocycles. The van der Waals surface area contributed by atoms with Gasteiger partial charge in [-0.05, 0) is 31.6 Å². The molecule has 6 nitrogen and oxygen atoms in total. The number of imidazole rings is 1. The number of pyridine rings is 1. The Morgan fingerprint density at radius 2 is 1.72 bits per heavy atom. The van der Waals surface area contributed by atoms with Crippen molar-refractivity contribution in [1.82, 2.24) is 19.4 Å². The summed E-state index contributed by atoms with van der Waals surface area (Å²) in [7, 11) is 0. The minimum atomic E-state index is 0.0176. The third-order valence-electron chi connectivity index (χ3n) is 5.35. The number of likely N-dealkylation sites (N-methyl/N-ethyl adjacent to an activating group) is 1. The lowest BCUT2D eigenvalue weighted by Gasteiger charge is -2.19. The molecule has 7 heteroatoms. The van der Waals surface area contributed by atoms with Crippen LogP contribution >= 0.6 is 11.6 Å². The summed E-state index contributed by atoms with van der Waals surface area (Å²) in [5, 5.41) is 3.43. The standard InChI is InChI=1S/C22H36ClN5O/c1-4-7-8-9-10-11-12-13-20(29)26-22-24-18-14-15-19(23)25-21(18)28(22)17-16-27(5-2)6-3/h14-15H,4-13,16-17H2,1-3H3,(H,24,26,29). The number of hydrogen-bond acceptors (Lipinski definition) is 4. The van der Waals surface area contributed by atoms with Gasteiger partial charge >= 0.3 is 0 Å². The number of nitrogens with one attached hydrogen (secondary N) is 1. The average molecular weight is 422 g/mol. The zero-order valence-corrected chi connectivity index (χ0v) is 19.0. The Hall–Kier alpha value is -1.66. The minimum Gasteiger partial charge on any atom is -0.302 e. The average Bonchev–Trinajstić information content (AvgIpc) is 3.04. The second kappa shape index (κ2) is 12.8. The van der Waals surface area contributed by atoms with Crippen molar-refractivity contribution in [2.24, 2.45) is 0 Å². The van der Waals surface area contributed by atoms with Gasteiger partial charge < -0.3 is 4.90 Å². The van der Waals surface area contributed by atoms with E-state index in [4.69, 9.17) is 11.6 Å². The molecule has 0 aliphatic rings. The zero-order valence-electron chi connectivity index (χ0n) is 18.2. The van der Waals surface area contributed by atoms with Crippen molar-refractivity contribution in [3.63, 3.8) is 0 Å². The van der Waals surface area contributed by atoms with Gasteiger partial charge in [-0.1, -0.05) is 70.9 Å². The highest BCUT2D eigenvalue weighted by Crippen LogP contribution is 2.21. The number of rotatable bonds is 14. The minimum absolute atomic E-state index is 0.0176. The predicted molar refractivity (Wildman–Crippen MR) is 122 cm³/mol. The SMILES string of the molecule is CCCCCCCCCC(=O)Nc1nc2ccc(Cl)nc2n1CCN(CC)CC. The van der Waals surface area contributed by atoms with Crippen molar-refractivity contribution in [3.8, 4) is 0 Å². The molecule has 0 bridgehead atoms. The number of hydrogen-bond donors (Lipinski definition) is 1. The first-order valence-electron chi connectivity index (χ1n) is 11.1. The summed E-state index contributed by atoms with van der Waals surface area (Å²) in [4.78, 5) is 23.8. The van der Waals surface area contributed by atoms with Crippen LogP contribution in [-0.2, 0) is 11.3 Å². The van der Waals surface area contributed by atoms with Crippen LogP contribution in [0.3, 0.4) is 0 Å². The molecule has 2 heterocycles. The maximum atomic E-state index is 12.5. The maximum Gasteiger partial charge on any atom is 0.226 e. The number of unbranched alkanes of at least 4 members (excludes halogenated alkanes) is 6. The summed E-state index contributed by atoms with van der Waals surface area (Å²) in [5.41, 5.74) is 1.47. The lowest BCUT2D eigenvalue weighted by molar-refractivity contribution is -0.116. The van der Waals surface area contributed by atoms with Crippen molar-refractivity contribution in [3.05, 3.63) is 17.3 Å². The second-order valence-corrected chi connectivity index (χ2v) is 7.90. The third kappa shape index (κ3) is 7.59. The van der Waals surface area contributed by atoms with Gasteiger partial charge in [-0.25, -0.2) is 9.97 Å². The molecule has 1 amide bonds. The first-order chi connectivity index (χ1) is 14.1. The smallest absolute Gasteiger partial charge is 0.226 e.